The second-order valence-electron chi connectivity index (χ2n) is 3.79. The molecule has 0 amide bonds. The van der Waals surface area contributed by atoms with Gasteiger partial charge in [-0.05, 0) is 36.4 Å². The maximum atomic E-state index is 5.92. The van der Waals surface area contributed by atoms with E-state index in [9.17, 15) is 0 Å². The van der Waals surface area contributed by atoms with Crippen LogP contribution < -0.4 is 10.6 Å². The Morgan fingerprint density at radius 3 is 1.42 bits per heavy atom. The number of hydrogen-bond acceptors (Lipinski definition) is 2. The highest BCUT2D eigenvalue weighted by Crippen LogP contribution is 2.26. The van der Waals surface area contributed by atoms with Crippen molar-refractivity contribution in [2.45, 2.75) is 0 Å². The van der Waals surface area contributed by atoms with Gasteiger partial charge in [0.1, 0.15) is 0 Å². The summed E-state index contributed by atoms with van der Waals surface area (Å²) in [5.41, 5.74) is 1.75. The third-order valence-corrected chi connectivity index (χ3v) is 3.90. The number of halogens is 4. The van der Waals surface area contributed by atoms with Gasteiger partial charge in [-0.25, -0.2) is 0 Å². The number of nitrogens with one attached hydrogen (secondary N) is 2. The second-order valence-corrected chi connectivity index (χ2v) is 5.42. The standard InChI is InChI=1S/C13H10Cl4N2/c14-10-3-1-8(5-12(10)16)18-7-19-9-2-4-11(15)13(17)6-9/h1-6,18-19H,7H2. The van der Waals surface area contributed by atoms with E-state index in [2.05, 4.69) is 10.6 Å². The number of rotatable bonds is 4. The van der Waals surface area contributed by atoms with E-state index in [1.165, 1.54) is 0 Å². The van der Waals surface area contributed by atoms with Crippen molar-refractivity contribution in [2.75, 3.05) is 17.3 Å². The number of benzene rings is 2. The Kier molecular flexibility index (Phi) is 5.06. The molecule has 2 nitrogen and oxygen atoms in total. The SMILES string of the molecule is Clc1ccc(NCNc2ccc(Cl)c(Cl)c2)cc1Cl. The first kappa shape index (κ1) is 14.6. The summed E-state index contributed by atoms with van der Waals surface area (Å²) in [6, 6.07) is 10.7. The molecule has 0 spiro atoms. The van der Waals surface area contributed by atoms with Gasteiger partial charge in [-0.15, -0.1) is 0 Å². The van der Waals surface area contributed by atoms with Crippen LogP contribution in [0.15, 0.2) is 36.4 Å². The highest BCUT2D eigenvalue weighted by Gasteiger charge is 2.00. The summed E-state index contributed by atoms with van der Waals surface area (Å²) in [5.74, 6) is 0. The van der Waals surface area contributed by atoms with Gasteiger partial charge >= 0.3 is 0 Å². The van der Waals surface area contributed by atoms with E-state index in [-0.39, 0.29) is 0 Å². The fraction of sp³-hybridized carbons (Fsp3) is 0.0769. The van der Waals surface area contributed by atoms with Gasteiger partial charge < -0.3 is 10.6 Å². The highest BCUT2D eigenvalue weighted by molar-refractivity contribution is 6.42. The summed E-state index contributed by atoms with van der Waals surface area (Å²) < 4.78 is 0. The second kappa shape index (κ2) is 6.58. The lowest BCUT2D eigenvalue weighted by Gasteiger charge is -2.10. The van der Waals surface area contributed by atoms with Gasteiger partial charge in [-0.3, -0.25) is 0 Å². The zero-order valence-electron chi connectivity index (χ0n) is 9.68. The van der Waals surface area contributed by atoms with Gasteiger partial charge in [0.25, 0.3) is 0 Å². The van der Waals surface area contributed by atoms with E-state index >= 15 is 0 Å². The van der Waals surface area contributed by atoms with Crippen molar-refractivity contribution in [1.29, 1.82) is 0 Å². The largest absolute Gasteiger partial charge is 0.368 e. The Morgan fingerprint density at radius 2 is 1.05 bits per heavy atom. The molecule has 0 saturated carbocycles. The topological polar surface area (TPSA) is 24.1 Å². The monoisotopic (exact) mass is 334 g/mol. The average Bonchev–Trinajstić information content (AvgIpc) is 2.38. The van der Waals surface area contributed by atoms with Crippen LogP contribution in [0.2, 0.25) is 20.1 Å². The molecule has 6 heteroatoms. The first-order valence-corrected chi connectivity index (χ1v) is 6.95. The van der Waals surface area contributed by atoms with Crippen molar-refractivity contribution in [3.63, 3.8) is 0 Å². The molecule has 19 heavy (non-hydrogen) atoms. The van der Waals surface area contributed by atoms with Gasteiger partial charge in [0.05, 0.1) is 26.8 Å². The first-order valence-electron chi connectivity index (χ1n) is 5.44. The third-order valence-electron chi connectivity index (χ3n) is 2.42. The molecule has 2 aromatic carbocycles. The Hall–Kier alpha value is -0.800. The van der Waals surface area contributed by atoms with E-state index in [4.69, 9.17) is 46.4 Å². The molecule has 0 fully saturated rings. The molecule has 0 atom stereocenters. The Bertz CT molecular complexity index is 535. The van der Waals surface area contributed by atoms with Crippen molar-refractivity contribution < 1.29 is 0 Å². The lowest BCUT2D eigenvalue weighted by molar-refractivity contribution is 1.22. The Morgan fingerprint density at radius 1 is 0.632 bits per heavy atom. The zero-order valence-corrected chi connectivity index (χ0v) is 12.7. The van der Waals surface area contributed by atoms with Crippen LogP contribution in [-0.4, -0.2) is 6.67 Å². The molecule has 0 aliphatic heterocycles. The van der Waals surface area contributed by atoms with Crippen molar-refractivity contribution >= 4 is 57.8 Å². The smallest absolute Gasteiger partial charge is 0.0849 e. The quantitative estimate of drug-likeness (QED) is 0.692. The molecule has 0 saturated heterocycles. The van der Waals surface area contributed by atoms with Gasteiger partial charge in [0.2, 0.25) is 0 Å². The van der Waals surface area contributed by atoms with Gasteiger partial charge in [-0.1, -0.05) is 46.4 Å². The number of anilines is 2. The Labute approximate surface area is 131 Å². The van der Waals surface area contributed by atoms with Crippen LogP contribution in [0.3, 0.4) is 0 Å². The minimum Gasteiger partial charge on any atom is -0.368 e. The minimum absolute atomic E-state index is 0.515. The van der Waals surface area contributed by atoms with Crippen LogP contribution >= 0.6 is 46.4 Å². The van der Waals surface area contributed by atoms with Crippen LogP contribution in [-0.2, 0) is 0 Å². The fourth-order valence-corrected chi connectivity index (χ4v) is 2.06. The van der Waals surface area contributed by atoms with Gasteiger partial charge in [-0.2, -0.15) is 0 Å². The predicted molar refractivity (Wildman–Crippen MR) is 85.0 cm³/mol. The van der Waals surface area contributed by atoms with Crippen LogP contribution in [0.5, 0.6) is 0 Å². The van der Waals surface area contributed by atoms with E-state index < -0.39 is 0 Å². The van der Waals surface area contributed by atoms with Crippen LogP contribution in [0.1, 0.15) is 0 Å². The summed E-state index contributed by atoms with van der Waals surface area (Å²) in [4.78, 5) is 0. The lowest BCUT2D eigenvalue weighted by atomic mass is 10.3. The summed E-state index contributed by atoms with van der Waals surface area (Å²) >= 11 is 23.5. The number of hydrogen-bond donors (Lipinski definition) is 2. The summed E-state index contributed by atoms with van der Waals surface area (Å²) in [6.45, 7) is 0.524. The van der Waals surface area contributed by atoms with Crippen molar-refractivity contribution in [2.24, 2.45) is 0 Å². The lowest BCUT2D eigenvalue weighted by Crippen LogP contribution is -2.11. The van der Waals surface area contributed by atoms with E-state index in [0.717, 1.165) is 11.4 Å². The molecule has 2 N–H and O–H groups in total. The first-order chi connectivity index (χ1) is 9.06. The highest BCUT2D eigenvalue weighted by atomic mass is 35.5. The molecule has 100 valence electrons. The fourth-order valence-electron chi connectivity index (χ4n) is 1.46. The van der Waals surface area contributed by atoms with E-state index in [0.29, 0.717) is 26.8 Å². The molecule has 0 aromatic heterocycles. The molecule has 0 aliphatic rings. The van der Waals surface area contributed by atoms with Gasteiger partial charge in [0.15, 0.2) is 0 Å². The normalized spacial score (nSPS) is 10.3. The Balaban J connectivity index is 1.92. The molecular formula is C13H10Cl4N2. The van der Waals surface area contributed by atoms with Crippen molar-refractivity contribution in [3.8, 4) is 0 Å². The van der Waals surface area contributed by atoms with Crippen molar-refractivity contribution in [3.05, 3.63) is 56.5 Å². The van der Waals surface area contributed by atoms with Crippen LogP contribution in [0.4, 0.5) is 11.4 Å². The van der Waals surface area contributed by atoms with Crippen molar-refractivity contribution in [1.82, 2.24) is 0 Å². The molecule has 0 unspecified atom stereocenters. The predicted octanol–water partition coefficient (Wildman–Crippen LogP) is 5.78. The van der Waals surface area contributed by atoms with Crippen LogP contribution in [0.25, 0.3) is 0 Å². The molecule has 0 bridgehead atoms. The molecular weight excluding hydrogens is 326 g/mol. The zero-order chi connectivity index (χ0) is 13.8. The maximum absolute atomic E-state index is 5.92. The maximum Gasteiger partial charge on any atom is 0.0849 e. The van der Waals surface area contributed by atoms with E-state index in [1.807, 2.05) is 12.1 Å². The average molecular weight is 336 g/mol. The molecule has 0 aliphatic carbocycles. The third kappa shape index (κ3) is 4.08. The molecule has 0 radical (unpaired) electrons. The van der Waals surface area contributed by atoms with E-state index in [1.54, 1.807) is 24.3 Å². The summed E-state index contributed by atoms with van der Waals surface area (Å²) in [6.07, 6.45) is 0. The summed E-state index contributed by atoms with van der Waals surface area (Å²) in [7, 11) is 0. The summed E-state index contributed by atoms with van der Waals surface area (Å²) in [5, 5.41) is 8.42. The minimum atomic E-state index is 0.515. The van der Waals surface area contributed by atoms with Gasteiger partial charge in [0, 0.05) is 11.4 Å². The van der Waals surface area contributed by atoms with Crippen LogP contribution in [0, 0.1) is 0 Å². The molecule has 0 heterocycles. The molecule has 2 rings (SSSR count). The molecule has 2 aromatic rings.